The zero-order chi connectivity index (χ0) is 30.4. The van der Waals surface area contributed by atoms with Gasteiger partial charge in [-0.25, -0.2) is 9.37 Å². The number of nitrogens with zero attached hydrogens (tertiary/aromatic N) is 4. The van der Waals surface area contributed by atoms with Crippen LogP contribution in [0.5, 0.6) is 0 Å². The number of amides is 1. The first-order valence-electron chi connectivity index (χ1n) is 13.3. The molecule has 8 nitrogen and oxygen atoms in total. The van der Waals surface area contributed by atoms with Crippen LogP contribution in [0.4, 0.5) is 36.4 Å². The Morgan fingerprint density at radius 1 is 1.02 bits per heavy atom. The predicted molar refractivity (Wildman–Crippen MR) is 133 cm³/mol. The van der Waals surface area contributed by atoms with Crippen LogP contribution in [-0.4, -0.2) is 43.8 Å². The molecule has 0 saturated heterocycles. The van der Waals surface area contributed by atoms with Crippen molar-refractivity contribution in [3.05, 3.63) is 58.4 Å². The number of rotatable bonds is 3. The summed E-state index contributed by atoms with van der Waals surface area (Å²) in [6, 6.07) is 4.66. The molecule has 42 heavy (non-hydrogen) atoms. The zero-order valence-corrected chi connectivity index (χ0v) is 22.0. The number of aromatic nitrogens is 3. The first-order chi connectivity index (χ1) is 19.7. The Hall–Kier alpha value is -3.75. The Labute approximate surface area is 234 Å². The van der Waals surface area contributed by atoms with E-state index in [2.05, 4.69) is 15.2 Å². The number of nitrogens with two attached hydrogens (primary N) is 1. The summed E-state index contributed by atoms with van der Waals surface area (Å²) in [5, 5.41) is 17.3. The lowest BCUT2D eigenvalue weighted by Gasteiger charge is -2.28. The molecule has 1 amide bonds. The SMILES string of the molecule is Nc1cc(C(F)(F)F)c2nc1-c1nnc(o1)[C@@](O)(C(F)(F)F)CCCCCN(Cc1ccc(F)c(C3CCC3)c1)C2=O. The van der Waals surface area contributed by atoms with Crippen LogP contribution in [0.15, 0.2) is 28.7 Å². The summed E-state index contributed by atoms with van der Waals surface area (Å²) < 4.78 is 104. The van der Waals surface area contributed by atoms with Gasteiger partial charge in [0.2, 0.25) is 5.60 Å². The highest BCUT2D eigenvalue weighted by molar-refractivity contribution is 5.95. The normalized spacial score (nSPS) is 20.8. The van der Waals surface area contributed by atoms with Gasteiger partial charge in [0.05, 0.1) is 11.3 Å². The molecule has 4 bridgehead atoms. The van der Waals surface area contributed by atoms with Crippen molar-refractivity contribution in [2.75, 3.05) is 12.3 Å². The molecule has 1 aliphatic carbocycles. The number of aliphatic hydroxyl groups is 1. The summed E-state index contributed by atoms with van der Waals surface area (Å²) in [6.45, 7) is -0.370. The third-order valence-electron chi connectivity index (χ3n) is 7.74. The molecule has 0 radical (unpaired) electrons. The van der Waals surface area contributed by atoms with Crippen LogP contribution in [0.25, 0.3) is 11.6 Å². The van der Waals surface area contributed by atoms with E-state index in [1.807, 2.05) is 0 Å². The summed E-state index contributed by atoms with van der Waals surface area (Å²) in [5.41, 5.74) is -0.729. The Kier molecular flexibility index (Phi) is 7.66. The quantitative estimate of drug-likeness (QED) is 0.348. The largest absolute Gasteiger partial charge is 0.426 e. The van der Waals surface area contributed by atoms with Gasteiger partial charge in [-0.1, -0.05) is 25.0 Å². The number of halogens is 7. The predicted octanol–water partition coefficient (Wildman–Crippen LogP) is 6.11. The number of alkyl halides is 6. The van der Waals surface area contributed by atoms with Crippen molar-refractivity contribution >= 4 is 11.6 Å². The van der Waals surface area contributed by atoms with Crippen LogP contribution < -0.4 is 5.73 Å². The second-order valence-corrected chi connectivity index (χ2v) is 10.6. The Balaban J connectivity index is 1.60. The molecular weight excluding hydrogens is 575 g/mol. The molecule has 0 unspecified atom stereocenters. The van der Waals surface area contributed by atoms with Gasteiger partial charge in [-0.05, 0) is 61.3 Å². The number of nitrogen functional groups attached to an aromatic ring is 1. The summed E-state index contributed by atoms with van der Waals surface area (Å²) in [6.07, 6.45) is -8.69. The van der Waals surface area contributed by atoms with Gasteiger partial charge in [0, 0.05) is 13.1 Å². The number of hydrogen-bond donors (Lipinski definition) is 2. The van der Waals surface area contributed by atoms with Gasteiger partial charge >= 0.3 is 12.4 Å². The fraction of sp³-hybridized carbons (Fsp3) is 0.481. The topological polar surface area (TPSA) is 118 Å². The van der Waals surface area contributed by atoms with Crippen LogP contribution in [0, 0.1) is 5.82 Å². The number of hydrogen-bond acceptors (Lipinski definition) is 7. The maximum Gasteiger partial charge on any atom is 0.426 e. The van der Waals surface area contributed by atoms with E-state index in [4.69, 9.17) is 10.2 Å². The molecule has 15 heteroatoms. The zero-order valence-electron chi connectivity index (χ0n) is 22.0. The van der Waals surface area contributed by atoms with Crippen molar-refractivity contribution < 1.29 is 45.1 Å². The molecule has 0 spiro atoms. The molecule has 3 N–H and O–H groups in total. The minimum Gasteiger partial charge on any atom is -0.416 e. The van der Waals surface area contributed by atoms with Crippen LogP contribution in [0.3, 0.4) is 0 Å². The minimum absolute atomic E-state index is 0.00415. The maximum atomic E-state index is 14.5. The van der Waals surface area contributed by atoms with Crippen molar-refractivity contribution in [1.82, 2.24) is 20.1 Å². The highest BCUT2D eigenvalue weighted by Crippen LogP contribution is 2.44. The standard InChI is InChI=1S/C27H26F7N5O3/c28-18-8-7-14(11-16(18)15-5-4-6-15)13-39-10-3-1-2-9-25(41,27(32,33)34)24-38-37-22(42-24)21-19(35)12-17(26(29,30)31)20(36-21)23(39)40/h7-8,11-12,15,41H,1-6,9-10,13,35H2/t25-/m1/s1. The first-order valence-corrected chi connectivity index (χ1v) is 13.3. The molecule has 3 aromatic rings. The van der Waals surface area contributed by atoms with Gasteiger partial charge in [-0.15, -0.1) is 10.2 Å². The van der Waals surface area contributed by atoms with Crippen molar-refractivity contribution in [2.45, 2.75) is 75.4 Å². The average Bonchev–Trinajstić information content (AvgIpc) is 3.37. The van der Waals surface area contributed by atoms with E-state index in [9.17, 15) is 40.6 Å². The average molecular weight is 602 g/mol. The van der Waals surface area contributed by atoms with Crippen LogP contribution in [0.1, 0.15) is 83.9 Å². The third-order valence-corrected chi connectivity index (χ3v) is 7.74. The number of benzene rings is 1. The number of carbonyl (C=O) groups is 1. The number of fused-ring (bicyclic) bond motifs is 5. The van der Waals surface area contributed by atoms with Crippen molar-refractivity contribution in [3.63, 3.8) is 0 Å². The molecular formula is C27H26F7N5O3. The lowest BCUT2D eigenvalue weighted by molar-refractivity contribution is -0.277. The Morgan fingerprint density at radius 2 is 1.76 bits per heavy atom. The maximum absolute atomic E-state index is 14.5. The third kappa shape index (κ3) is 5.53. The highest BCUT2D eigenvalue weighted by atomic mass is 19.4. The summed E-state index contributed by atoms with van der Waals surface area (Å²) in [5.74, 6) is -3.57. The van der Waals surface area contributed by atoms with Crippen LogP contribution >= 0.6 is 0 Å². The molecule has 2 aromatic heterocycles. The number of pyridine rings is 1. The lowest BCUT2D eigenvalue weighted by atomic mass is 9.79. The van der Waals surface area contributed by atoms with Crippen LogP contribution in [-0.2, 0) is 18.3 Å². The summed E-state index contributed by atoms with van der Waals surface area (Å²) in [4.78, 5) is 18.6. The fourth-order valence-electron chi connectivity index (χ4n) is 5.14. The molecule has 1 fully saturated rings. The number of carbonyl (C=O) groups excluding carboxylic acids is 1. The Bertz CT molecular complexity index is 1490. The highest BCUT2D eigenvalue weighted by Gasteiger charge is 2.58. The Morgan fingerprint density at radius 3 is 2.40 bits per heavy atom. The summed E-state index contributed by atoms with van der Waals surface area (Å²) >= 11 is 0. The van der Waals surface area contributed by atoms with Gasteiger partial charge in [-0.3, -0.25) is 4.79 Å². The molecule has 1 aliphatic heterocycles. The van der Waals surface area contributed by atoms with E-state index in [-0.39, 0.29) is 38.3 Å². The van der Waals surface area contributed by atoms with Gasteiger partial charge in [0.25, 0.3) is 17.7 Å². The van der Waals surface area contributed by atoms with Crippen molar-refractivity contribution in [3.8, 4) is 11.6 Å². The van der Waals surface area contributed by atoms with E-state index in [0.717, 1.165) is 24.2 Å². The summed E-state index contributed by atoms with van der Waals surface area (Å²) in [7, 11) is 0. The van der Waals surface area contributed by atoms with E-state index in [1.165, 1.54) is 12.1 Å². The van der Waals surface area contributed by atoms with E-state index < -0.39 is 70.5 Å². The first kappa shape index (κ1) is 29.7. The fourth-order valence-corrected chi connectivity index (χ4v) is 5.14. The second kappa shape index (κ2) is 10.8. The molecule has 1 aromatic carbocycles. The molecule has 2 aliphatic rings. The lowest BCUT2D eigenvalue weighted by Crippen LogP contribution is -2.42. The van der Waals surface area contributed by atoms with Gasteiger partial charge in [-0.2, -0.15) is 26.3 Å². The number of anilines is 1. The monoisotopic (exact) mass is 601 g/mol. The van der Waals surface area contributed by atoms with E-state index >= 15 is 0 Å². The molecule has 5 rings (SSSR count). The van der Waals surface area contributed by atoms with Crippen molar-refractivity contribution in [1.29, 1.82) is 0 Å². The van der Waals surface area contributed by atoms with Gasteiger partial charge < -0.3 is 20.2 Å². The van der Waals surface area contributed by atoms with E-state index in [0.29, 0.717) is 17.2 Å². The van der Waals surface area contributed by atoms with E-state index in [1.54, 1.807) is 6.07 Å². The molecule has 1 atom stereocenters. The molecule has 1 saturated carbocycles. The van der Waals surface area contributed by atoms with Crippen molar-refractivity contribution in [2.24, 2.45) is 0 Å². The van der Waals surface area contributed by atoms with Gasteiger partial charge in [0.15, 0.2) is 5.69 Å². The van der Waals surface area contributed by atoms with Gasteiger partial charge in [0.1, 0.15) is 11.5 Å². The molecule has 3 heterocycles. The van der Waals surface area contributed by atoms with Crippen LogP contribution in [0.2, 0.25) is 0 Å². The molecule has 226 valence electrons. The second-order valence-electron chi connectivity index (χ2n) is 10.6. The smallest absolute Gasteiger partial charge is 0.416 e. The minimum atomic E-state index is -5.22.